The van der Waals surface area contributed by atoms with E-state index in [0.717, 1.165) is 51.4 Å². The summed E-state index contributed by atoms with van der Waals surface area (Å²) < 4.78 is 21.1. The van der Waals surface area contributed by atoms with Crippen LogP contribution in [0.15, 0.2) is 135 Å². The van der Waals surface area contributed by atoms with E-state index < -0.39 is 0 Å². The number of nitrogens with one attached hydrogen (secondary N) is 2. The predicted octanol–water partition coefficient (Wildman–Crippen LogP) is 9.12. The van der Waals surface area contributed by atoms with Gasteiger partial charge in [-0.25, -0.2) is 9.59 Å². The number of ether oxygens (including phenoxy) is 4. The van der Waals surface area contributed by atoms with Crippen LogP contribution >= 0.6 is 0 Å². The van der Waals surface area contributed by atoms with Crippen molar-refractivity contribution in [3.8, 4) is 11.5 Å². The number of methoxy groups -OCH3 is 2. The van der Waals surface area contributed by atoms with Crippen LogP contribution in [0.4, 0.5) is 9.59 Å². The molecule has 4 aromatic rings. The molecule has 2 aliphatic rings. The highest BCUT2D eigenvalue weighted by Crippen LogP contribution is 2.42. The van der Waals surface area contributed by atoms with Crippen LogP contribution in [0.25, 0.3) is 0 Å². The third kappa shape index (κ3) is 12.3. The molecule has 2 N–H and O–H groups in total. The zero-order valence-corrected chi connectivity index (χ0v) is 37.8. The molecule has 0 heterocycles. The summed E-state index contributed by atoms with van der Waals surface area (Å²) in [5.74, 6) is 0.819. The van der Waals surface area contributed by atoms with Crippen molar-refractivity contribution in [2.75, 3.05) is 54.6 Å². The van der Waals surface area contributed by atoms with Crippen LogP contribution in [-0.2, 0) is 20.3 Å². The standard InChI is InChI=1S/2C26H32N2O4/c2*1-4-18-32-25(30)28(2)21-14-16-26(17-15-21,20-10-6-5-7-11-20)19-27-24(29)22-12-8-9-13-23(22)31-3/h2*4-13,21H,1,14-19H2,2-3H3,(H,27,29). The van der Waals surface area contributed by atoms with E-state index in [4.69, 9.17) is 18.9 Å². The van der Waals surface area contributed by atoms with Crippen LogP contribution in [0.5, 0.6) is 11.5 Å². The molecule has 64 heavy (non-hydrogen) atoms. The molecular weight excluding hydrogens is 809 g/mol. The first-order valence-electron chi connectivity index (χ1n) is 22.0. The molecular formula is C52H64N4O8. The molecule has 2 fully saturated rings. The van der Waals surface area contributed by atoms with Crippen molar-refractivity contribution in [1.82, 2.24) is 20.4 Å². The number of carbonyl (C=O) groups excluding carboxylic acids is 4. The maximum atomic E-state index is 12.9. The Morgan fingerprint density at radius 1 is 0.562 bits per heavy atom. The van der Waals surface area contributed by atoms with Crippen LogP contribution in [0.1, 0.15) is 83.2 Å². The average molecular weight is 873 g/mol. The largest absolute Gasteiger partial charge is 0.496 e. The van der Waals surface area contributed by atoms with E-state index in [2.05, 4.69) is 48.1 Å². The van der Waals surface area contributed by atoms with Crippen molar-refractivity contribution >= 4 is 24.0 Å². The molecule has 12 nitrogen and oxygen atoms in total. The van der Waals surface area contributed by atoms with Gasteiger partial charge in [0, 0.05) is 50.1 Å². The van der Waals surface area contributed by atoms with Crippen LogP contribution in [0, 0.1) is 0 Å². The summed E-state index contributed by atoms with van der Waals surface area (Å²) in [4.78, 5) is 53.7. The molecule has 0 spiro atoms. The molecule has 2 aliphatic carbocycles. The molecule has 0 radical (unpaired) electrons. The smallest absolute Gasteiger partial charge is 0.410 e. The zero-order chi connectivity index (χ0) is 46.0. The fourth-order valence-electron chi connectivity index (χ4n) is 8.92. The van der Waals surface area contributed by atoms with E-state index in [-0.39, 0.29) is 60.1 Å². The molecule has 0 bridgehead atoms. The van der Waals surface area contributed by atoms with E-state index in [1.165, 1.54) is 11.1 Å². The normalized spacial score (nSPS) is 20.1. The van der Waals surface area contributed by atoms with Gasteiger partial charge in [0.1, 0.15) is 24.7 Å². The highest BCUT2D eigenvalue weighted by Gasteiger charge is 2.41. The van der Waals surface area contributed by atoms with Gasteiger partial charge < -0.3 is 39.4 Å². The molecule has 0 saturated heterocycles. The lowest BCUT2D eigenvalue weighted by Gasteiger charge is -2.43. The van der Waals surface area contributed by atoms with Gasteiger partial charge in [-0.15, -0.1) is 0 Å². The first kappa shape index (κ1) is 48.5. The second kappa shape index (κ2) is 23.8. The minimum absolute atomic E-state index is 0.106. The zero-order valence-electron chi connectivity index (χ0n) is 37.8. The van der Waals surface area contributed by atoms with Crippen LogP contribution in [0.3, 0.4) is 0 Å². The van der Waals surface area contributed by atoms with Crippen molar-refractivity contribution in [3.05, 3.63) is 157 Å². The molecule has 12 heteroatoms. The van der Waals surface area contributed by atoms with E-state index in [1.54, 1.807) is 74.5 Å². The summed E-state index contributed by atoms with van der Waals surface area (Å²) >= 11 is 0. The van der Waals surface area contributed by atoms with Gasteiger partial charge in [-0.3, -0.25) is 9.59 Å². The maximum absolute atomic E-state index is 12.9. The van der Waals surface area contributed by atoms with Crippen molar-refractivity contribution < 1.29 is 38.1 Å². The summed E-state index contributed by atoms with van der Waals surface area (Å²) in [5, 5.41) is 6.28. The average Bonchev–Trinajstić information content (AvgIpc) is 3.36. The van der Waals surface area contributed by atoms with E-state index >= 15 is 0 Å². The number of rotatable bonds is 16. The van der Waals surface area contributed by atoms with Gasteiger partial charge in [0.05, 0.1) is 25.3 Å². The lowest BCUT2D eigenvalue weighted by molar-refractivity contribution is 0.0840. The molecule has 0 aliphatic heterocycles. The van der Waals surface area contributed by atoms with Crippen LogP contribution in [-0.4, -0.2) is 101 Å². The van der Waals surface area contributed by atoms with E-state index in [9.17, 15) is 19.2 Å². The lowest BCUT2D eigenvalue weighted by atomic mass is 9.68. The van der Waals surface area contributed by atoms with Crippen molar-refractivity contribution in [1.29, 1.82) is 0 Å². The van der Waals surface area contributed by atoms with Crippen LogP contribution in [0.2, 0.25) is 0 Å². The van der Waals surface area contributed by atoms with Gasteiger partial charge in [-0.1, -0.05) is 110 Å². The minimum Gasteiger partial charge on any atom is -0.496 e. The van der Waals surface area contributed by atoms with Gasteiger partial charge in [0.2, 0.25) is 0 Å². The third-order valence-corrected chi connectivity index (χ3v) is 12.8. The number of hydrogen-bond acceptors (Lipinski definition) is 8. The molecule has 0 atom stereocenters. The third-order valence-electron chi connectivity index (χ3n) is 12.8. The van der Waals surface area contributed by atoms with Crippen molar-refractivity contribution in [2.24, 2.45) is 0 Å². The second-order valence-corrected chi connectivity index (χ2v) is 16.5. The SMILES string of the molecule is C=CCOC(=O)N(C)C1CCC(CNC(=O)c2ccccc2OC)(c2ccccc2)CC1.C=CCOC(=O)N(C)C1CCC(CNC(=O)c2ccccc2OC)(c2ccccc2)CC1. The Kier molecular flexibility index (Phi) is 18.0. The molecule has 4 aromatic carbocycles. The summed E-state index contributed by atoms with van der Waals surface area (Å²) in [6.07, 6.45) is 9.23. The summed E-state index contributed by atoms with van der Waals surface area (Å²) in [6, 6.07) is 35.3. The quantitative estimate of drug-likeness (QED) is 0.107. The Bertz CT molecular complexity index is 1990. The molecule has 0 unspecified atom stereocenters. The fourth-order valence-corrected chi connectivity index (χ4v) is 8.92. The Morgan fingerprint density at radius 3 is 1.22 bits per heavy atom. The number of benzene rings is 4. The topological polar surface area (TPSA) is 136 Å². The lowest BCUT2D eigenvalue weighted by Crippen LogP contribution is -2.48. The van der Waals surface area contributed by atoms with E-state index in [1.807, 2.05) is 60.7 Å². The first-order valence-corrected chi connectivity index (χ1v) is 22.0. The second-order valence-electron chi connectivity index (χ2n) is 16.5. The molecule has 0 aromatic heterocycles. The van der Waals surface area contributed by atoms with Gasteiger partial charge >= 0.3 is 12.2 Å². The Labute approximate surface area is 378 Å². The van der Waals surface area contributed by atoms with E-state index in [0.29, 0.717) is 35.7 Å². The predicted molar refractivity (Wildman–Crippen MR) is 250 cm³/mol. The van der Waals surface area contributed by atoms with Crippen molar-refractivity contribution in [3.63, 3.8) is 0 Å². The monoisotopic (exact) mass is 872 g/mol. The molecule has 340 valence electrons. The van der Waals surface area contributed by atoms with Crippen molar-refractivity contribution in [2.45, 2.75) is 74.3 Å². The minimum atomic E-state index is -0.327. The Morgan fingerprint density at radius 2 is 0.891 bits per heavy atom. The van der Waals surface area contributed by atoms with Crippen LogP contribution < -0.4 is 20.1 Å². The maximum Gasteiger partial charge on any atom is 0.410 e. The molecule has 2 saturated carbocycles. The number of carbonyl (C=O) groups is 4. The highest BCUT2D eigenvalue weighted by molar-refractivity contribution is 5.97. The van der Waals surface area contributed by atoms with Gasteiger partial charge in [-0.05, 0) is 86.8 Å². The molecule has 6 rings (SSSR count). The number of amides is 4. The summed E-state index contributed by atoms with van der Waals surface area (Å²) in [5.41, 5.74) is 3.07. The van der Waals surface area contributed by atoms with Gasteiger partial charge in [0.15, 0.2) is 0 Å². The van der Waals surface area contributed by atoms with Gasteiger partial charge in [0.25, 0.3) is 11.8 Å². The Hall–Kier alpha value is -6.56. The fraction of sp³-hybridized carbons (Fsp3) is 0.385. The number of nitrogens with zero attached hydrogens (tertiary/aromatic N) is 2. The first-order chi connectivity index (χ1) is 31.0. The highest BCUT2D eigenvalue weighted by atomic mass is 16.6. The number of para-hydroxylation sites is 2. The molecule has 4 amide bonds. The summed E-state index contributed by atoms with van der Waals surface area (Å²) in [6.45, 7) is 8.63. The summed E-state index contributed by atoms with van der Waals surface area (Å²) in [7, 11) is 6.70. The van der Waals surface area contributed by atoms with Gasteiger partial charge in [-0.2, -0.15) is 0 Å². The number of hydrogen-bond donors (Lipinski definition) is 2. The Balaban J connectivity index is 0.000000241.